The summed E-state index contributed by atoms with van der Waals surface area (Å²) in [5.74, 6) is 1.05. The van der Waals surface area contributed by atoms with Gasteiger partial charge < -0.3 is 9.64 Å². The second-order valence-electron chi connectivity index (χ2n) is 6.56. The average Bonchev–Trinajstić information content (AvgIpc) is 2.54. The van der Waals surface area contributed by atoms with Crippen LogP contribution in [0.5, 0.6) is 5.75 Å². The van der Waals surface area contributed by atoms with E-state index in [0.29, 0.717) is 6.42 Å². The fraction of sp³-hybridized carbons (Fsp3) is 0.562. The molecule has 1 fully saturated rings. The summed E-state index contributed by atoms with van der Waals surface area (Å²) in [4.78, 5) is 14.5. The van der Waals surface area contributed by atoms with E-state index in [9.17, 15) is 4.79 Å². The Labute approximate surface area is 124 Å². The molecule has 1 saturated heterocycles. The maximum absolute atomic E-state index is 12.6. The first-order valence-electron chi connectivity index (χ1n) is 6.95. The van der Waals surface area contributed by atoms with Gasteiger partial charge in [0.1, 0.15) is 5.75 Å². The van der Waals surface area contributed by atoms with Gasteiger partial charge in [0, 0.05) is 4.75 Å². The molecule has 0 aromatic heterocycles. The second kappa shape index (κ2) is 4.17. The third kappa shape index (κ3) is 1.85. The van der Waals surface area contributed by atoms with Crippen molar-refractivity contribution in [2.75, 3.05) is 7.11 Å². The molecule has 3 nitrogen and oxygen atoms in total. The lowest BCUT2D eigenvalue weighted by Crippen LogP contribution is -2.48. The Kier molecular flexibility index (Phi) is 2.88. The fourth-order valence-electron chi connectivity index (χ4n) is 3.71. The van der Waals surface area contributed by atoms with Gasteiger partial charge in [-0.2, -0.15) is 0 Å². The zero-order valence-corrected chi connectivity index (χ0v) is 13.5. The normalized spacial score (nSPS) is 26.1. The SMILES string of the molecule is COc1ccc2c(c1)CC(=O)N1[C@H]2C(C)(C)SC1(C)C. The maximum atomic E-state index is 12.6. The molecule has 2 aliphatic rings. The largest absolute Gasteiger partial charge is 0.497 e. The summed E-state index contributed by atoms with van der Waals surface area (Å²) < 4.78 is 5.31. The van der Waals surface area contributed by atoms with Crippen LogP contribution in [0.1, 0.15) is 44.9 Å². The van der Waals surface area contributed by atoms with E-state index in [1.807, 2.05) is 23.9 Å². The van der Waals surface area contributed by atoms with E-state index in [0.717, 1.165) is 11.3 Å². The van der Waals surface area contributed by atoms with Crippen molar-refractivity contribution < 1.29 is 9.53 Å². The molecule has 0 saturated carbocycles. The summed E-state index contributed by atoms with van der Waals surface area (Å²) >= 11 is 1.88. The molecule has 1 atom stereocenters. The van der Waals surface area contributed by atoms with Crippen LogP contribution >= 0.6 is 11.8 Å². The highest BCUT2D eigenvalue weighted by Gasteiger charge is 2.56. The molecule has 0 spiro atoms. The molecule has 3 rings (SSSR count). The van der Waals surface area contributed by atoms with E-state index in [1.54, 1.807) is 7.11 Å². The number of carbonyl (C=O) groups is 1. The van der Waals surface area contributed by atoms with Gasteiger partial charge in [0.25, 0.3) is 0 Å². The molecule has 0 unspecified atom stereocenters. The van der Waals surface area contributed by atoms with Gasteiger partial charge in [-0.05, 0) is 51.0 Å². The highest BCUT2D eigenvalue weighted by Crippen LogP contribution is 2.59. The number of amides is 1. The van der Waals surface area contributed by atoms with Crippen molar-refractivity contribution in [3.63, 3.8) is 0 Å². The second-order valence-corrected chi connectivity index (χ2v) is 8.82. The minimum atomic E-state index is -0.150. The van der Waals surface area contributed by atoms with E-state index in [2.05, 4.69) is 38.7 Å². The summed E-state index contributed by atoms with van der Waals surface area (Å²) in [7, 11) is 1.66. The van der Waals surface area contributed by atoms with Gasteiger partial charge in [-0.3, -0.25) is 4.79 Å². The summed E-state index contributed by atoms with van der Waals surface area (Å²) in [6, 6.07) is 6.28. The predicted octanol–water partition coefficient (Wildman–Crippen LogP) is 3.38. The van der Waals surface area contributed by atoms with Gasteiger partial charge in [-0.25, -0.2) is 0 Å². The summed E-state index contributed by atoms with van der Waals surface area (Å²) in [6.07, 6.45) is 0.475. The first kappa shape index (κ1) is 13.8. The monoisotopic (exact) mass is 291 g/mol. The van der Waals surface area contributed by atoms with Crippen molar-refractivity contribution in [3.8, 4) is 5.75 Å². The summed E-state index contributed by atoms with van der Waals surface area (Å²) in [5, 5.41) is 0. The molecule has 2 aliphatic heterocycles. The highest BCUT2D eigenvalue weighted by molar-refractivity contribution is 8.02. The summed E-state index contributed by atoms with van der Waals surface area (Å²) in [5.41, 5.74) is 2.38. The fourth-order valence-corrected chi connectivity index (χ4v) is 5.64. The number of thioether (sulfide) groups is 1. The van der Waals surface area contributed by atoms with Crippen molar-refractivity contribution in [1.29, 1.82) is 0 Å². The van der Waals surface area contributed by atoms with E-state index >= 15 is 0 Å². The predicted molar refractivity (Wildman–Crippen MR) is 82.0 cm³/mol. The molecule has 1 amide bonds. The van der Waals surface area contributed by atoms with Crippen LogP contribution in [0, 0.1) is 0 Å². The topological polar surface area (TPSA) is 29.5 Å². The number of carbonyl (C=O) groups excluding carboxylic acids is 1. The van der Waals surface area contributed by atoms with Crippen LogP contribution in [0.15, 0.2) is 18.2 Å². The number of hydrogen-bond acceptors (Lipinski definition) is 3. The molecular formula is C16H21NO2S. The number of hydrogen-bond donors (Lipinski definition) is 0. The van der Waals surface area contributed by atoms with Crippen LogP contribution in [-0.2, 0) is 11.2 Å². The molecule has 108 valence electrons. The third-order valence-corrected chi connectivity index (χ3v) is 5.71. The Morgan fingerprint density at radius 2 is 2.00 bits per heavy atom. The van der Waals surface area contributed by atoms with Crippen molar-refractivity contribution in [2.45, 2.75) is 49.8 Å². The van der Waals surface area contributed by atoms with Gasteiger partial charge in [0.2, 0.25) is 5.91 Å². The zero-order valence-electron chi connectivity index (χ0n) is 12.7. The molecule has 0 N–H and O–H groups in total. The first-order chi connectivity index (χ1) is 9.26. The Balaban J connectivity index is 2.16. The average molecular weight is 291 g/mol. The van der Waals surface area contributed by atoms with E-state index < -0.39 is 0 Å². The van der Waals surface area contributed by atoms with Crippen molar-refractivity contribution >= 4 is 17.7 Å². The molecular weight excluding hydrogens is 270 g/mol. The van der Waals surface area contributed by atoms with E-state index in [-0.39, 0.29) is 21.6 Å². The van der Waals surface area contributed by atoms with Crippen molar-refractivity contribution in [1.82, 2.24) is 4.90 Å². The van der Waals surface area contributed by atoms with Crippen LogP contribution in [0.2, 0.25) is 0 Å². The molecule has 1 aromatic carbocycles. The number of fused-ring (bicyclic) bond motifs is 3. The molecule has 0 radical (unpaired) electrons. The number of methoxy groups -OCH3 is 1. The third-order valence-electron chi connectivity index (χ3n) is 4.26. The first-order valence-corrected chi connectivity index (χ1v) is 7.77. The Bertz CT molecular complexity index is 580. The molecule has 0 bridgehead atoms. The van der Waals surface area contributed by atoms with Gasteiger partial charge in [0.05, 0.1) is 24.4 Å². The lowest BCUT2D eigenvalue weighted by molar-refractivity contribution is -0.136. The number of benzene rings is 1. The van der Waals surface area contributed by atoms with E-state index in [1.165, 1.54) is 5.56 Å². The van der Waals surface area contributed by atoms with Crippen LogP contribution in [-0.4, -0.2) is 27.5 Å². The minimum Gasteiger partial charge on any atom is -0.497 e. The standard InChI is InChI=1S/C16H21NO2S/c1-15(2)14-12-7-6-11(19-5)8-10(12)9-13(18)17(14)16(3,4)20-15/h6-8,14H,9H2,1-5H3/t14-/m1/s1. The lowest BCUT2D eigenvalue weighted by Gasteiger charge is -2.40. The molecule has 1 aromatic rings. The van der Waals surface area contributed by atoms with Crippen LogP contribution in [0.4, 0.5) is 0 Å². The zero-order chi connectivity index (χ0) is 14.7. The Morgan fingerprint density at radius 3 is 2.65 bits per heavy atom. The van der Waals surface area contributed by atoms with Crippen LogP contribution in [0.3, 0.4) is 0 Å². The maximum Gasteiger partial charge on any atom is 0.228 e. The Morgan fingerprint density at radius 1 is 1.30 bits per heavy atom. The van der Waals surface area contributed by atoms with Gasteiger partial charge in [-0.1, -0.05) is 6.07 Å². The molecule has 2 heterocycles. The van der Waals surface area contributed by atoms with Crippen LogP contribution in [0.25, 0.3) is 0 Å². The van der Waals surface area contributed by atoms with Crippen molar-refractivity contribution in [2.24, 2.45) is 0 Å². The molecule has 20 heavy (non-hydrogen) atoms. The molecule has 4 heteroatoms. The van der Waals surface area contributed by atoms with Gasteiger partial charge in [0.15, 0.2) is 0 Å². The number of rotatable bonds is 1. The highest BCUT2D eigenvalue weighted by atomic mass is 32.2. The minimum absolute atomic E-state index is 0.0168. The quantitative estimate of drug-likeness (QED) is 0.794. The smallest absolute Gasteiger partial charge is 0.228 e. The summed E-state index contributed by atoms with van der Waals surface area (Å²) in [6.45, 7) is 8.76. The lowest BCUT2D eigenvalue weighted by atomic mass is 9.85. The van der Waals surface area contributed by atoms with Gasteiger partial charge >= 0.3 is 0 Å². The van der Waals surface area contributed by atoms with Crippen LogP contribution < -0.4 is 4.74 Å². The van der Waals surface area contributed by atoms with E-state index in [4.69, 9.17) is 4.74 Å². The Hall–Kier alpha value is -1.16. The molecule has 0 aliphatic carbocycles. The van der Waals surface area contributed by atoms with Crippen molar-refractivity contribution in [3.05, 3.63) is 29.3 Å². The number of ether oxygens (including phenoxy) is 1. The number of nitrogens with zero attached hydrogens (tertiary/aromatic N) is 1. The van der Waals surface area contributed by atoms with Gasteiger partial charge in [-0.15, -0.1) is 11.8 Å².